The molecule has 1 heteroatoms. The molecule has 3 unspecified atom stereocenters. The zero-order chi connectivity index (χ0) is 25.8. The molecular formula is C34H49N. The first-order chi connectivity index (χ1) is 16.3. The number of allylic oxidation sites excluding steroid dienone is 9. The van der Waals surface area contributed by atoms with E-state index in [1.54, 1.807) is 5.57 Å². The summed E-state index contributed by atoms with van der Waals surface area (Å²) in [6, 6.07) is 0.421. The highest BCUT2D eigenvalue weighted by Gasteiger charge is 2.56. The van der Waals surface area contributed by atoms with Crippen LogP contribution in [0.15, 0.2) is 82.3 Å². The van der Waals surface area contributed by atoms with Gasteiger partial charge in [-0.05, 0) is 77.0 Å². The molecule has 3 atom stereocenters. The molecule has 0 aromatic heterocycles. The molecule has 3 aliphatic heterocycles. The lowest BCUT2D eigenvalue weighted by Crippen LogP contribution is -2.57. The number of rotatable bonds is 6. The third-order valence-corrected chi connectivity index (χ3v) is 9.66. The summed E-state index contributed by atoms with van der Waals surface area (Å²) < 4.78 is 0. The molecule has 0 aromatic rings. The van der Waals surface area contributed by atoms with Crippen molar-refractivity contribution in [2.45, 2.75) is 107 Å². The molecule has 0 spiro atoms. The molecule has 0 fully saturated rings. The fourth-order valence-corrected chi connectivity index (χ4v) is 6.66. The van der Waals surface area contributed by atoms with Gasteiger partial charge in [0.2, 0.25) is 0 Å². The van der Waals surface area contributed by atoms with Gasteiger partial charge in [0.1, 0.15) is 0 Å². The van der Waals surface area contributed by atoms with Crippen molar-refractivity contribution in [1.29, 1.82) is 0 Å². The van der Waals surface area contributed by atoms with Gasteiger partial charge in [0, 0.05) is 28.3 Å². The third kappa shape index (κ3) is 3.98. The third-order valence-electron chi connectivity index (χ3n) is 9.66. The predicted molar refractivity (Wildman–Crippen MR) is 153 cm³/mol. The van der Waals surface area contributed by atoms with E-state index in [1.165, 1.54) is 34.5 Å². The Morgan fingerprint density at radius 2 is 1.71 bits per heavy atom. The largest absolute Gasteiger partial charge is 0.337 e. The summed E-state index contributed by atoms with van der Waals surface area (Å²) in [6.45, 7) is 23.9. The molecule has 3 heterocycles. The maximum atomic E-state index is 2.72. The highest BCUT2D eigenvalue weighted by Crippen LogP contribution is 2.62. The Kier molecular flexibility index (Phi) is 6.57. The predicted octanol–water partition coefficient (Wildman–Crippen LogP) is 9.84. The summed E-state index contributed by atoms with van der Waals surface area (Å²) in [5.74, 6) is 0. The van der Waals surface area contributed by atoms with Crippen molar-refractivity contribution in [2.75, 3.05) is 0 Å². The van der Waals surface area contributed by atoms with Crippen LogP contribution in [0.25, 0.3) is 0 Å². The molecule has 4 aliphatic rings. The Bertz CT molecular complexity index is 1090. The minimum atomic E-state index is 0.0584. The van der Waals surface area contributed by atoms with Crippen LogP contribution >= 0.6 is 0 Å². The van der Waals surface area contributed by atoms with Crippen molar-refractivity contribution in [3.8, 4) is 0 Å². The first-order valence-corrected chi connectivity index (χ1v) is 14.1. The summed E-state index contributed by atoms with van der Waals surface area (Å²) in [7, 11) is 0. The zero-order valence-corrected chi connectivity index (χ0v) is 24.2. The molecule has 4 rings (SSSR count). The highest BCUT2D eigenvalue weighted by atomic mass is 15.2. The van der Waals surface area contributed by atoms with E-state index in [4.69, 9.17) is 0 Å². The molecule has 0 saturated heterocycles. The molecule has 0 bridgehead atoms. The molecule has 0 N–H and O–H groups in total. The number of hydrogen-bond acceptors (Lipinski definition) is 1. The van der Waals surface area contributed by atoms with Gasteiger partial charge in [-0.25, -0.2) is 0 Å². The van der Waals surface area contributed by atoms with E-state index in [2.05, 4.69) is 123 Å². The standard InChI is InChI=1S/C34H49N/c1-11-14-16-17-24-20-27-28(32(24,7)8)22-30-34(10,18-15-12-2)33(9,13-3)23-26-19-25(31(4,5)6)21-29(27)35(26)30/h15-21,23,30H,11-14,22H2,1-10H3/b17-16-,18-15?. The Balaban J connectivity index is 1.97. The lowest BCUT2D eigenvalue weighted by Gasteiger charge is -2.60. The molecule has 1 aliphatic carbocycles. The fraction of sp³-hybridized carbons (Fsp3) is 0.588. The summed E-state index contributed by atoms with van der Waals surface area (Å²) >= 11 is 0. The van der Waals surface area contributed by atoms with Crippen LogP contribution in [-0.2, 0) is 0 Å². The quantitative estimate of drug-likeness (QED) is 0.348. The number of hydrogen-bond donors (Lipinski definition) is 0. The maximum absolute atomic E-state index is 2.72. The first kappa shape index (κ1) is 26.1. The smallest absolute Gasteiger partial charge is 0.0490 e. The van der Waals surface area contributed by atoms with Gasteiger partial charge < -0.3 is 4.90 Å². The highest BCUT2D eigenvalue weighted by molar-refractivity contribution is 5.64. The summed E-state index contributed by atoms with van der Waals surface area (Å²) in [6.07, 6.45) is 25.6. The van der Waals surface area contributed by atoms with E-state index in [0.717, 1.165) is 25.7 Å². The number of fused-ring (bicyclic) bond motifs is 1. The second kappa shape index (κ2) is 8.82. The lowest BCUT2D eigenvalue weighted by molar-refractivity contribution is 0.0400. The molecule has 190 valence electrons. The average molecular weight is 472 g/mol. The Morgan fingerprint density at radius 3 is 2.31 bits per heavy atom. The first-order valence-electron chi connectivity index (χ1n) is 14.1. The van der Waals surface area contributed by atoms with Crippen LogP contribution in [0, 0.1) is 21.7 Å². The summed E-state index contributed by atoms with van der Waals surface area (Å²) in [4.78, 5) is 2.72. The van der Waals surface area contributed by atoms with Crippen molar-refractivity contribution in [3.05, 3.63) is 82.3 Å². The van der Waals surface area contributed by atoms with Crippen LogP contribution in [0.3, 0.4) is 0 Å². The van der Waals surface area contributed by atoms with Crippen LogP contribution < -0.4 is 0 Å². The van der Waals surface area contributed by atoms with Gasteiger partial charge in [-0.1, -0.05) is 106 Å². The van der Waals surface area contributed by atoms with Gasteiger partial charge in [0.15, 0.2) is 0 Å². The second-order valence-electron chi connectivity index (χ2n) is 13.2. The Hall–Kier alpha value is -2.02. The number of unbranched alkanes of at least 4 members (excludes halogenated alkanes) is 1. The van der Waals surface area contributed by atoms with Gasteiger partial charge >= 0.3 is 0 Å². The molecule has 35 heavy (non-hydrogen) atoms. The maximum Gasteiger partial charge on any atom is 0.0490 e. The molecular weight excluding hydrogens is 422 g/mol. The van der Waals surface area contributed by atoms with Crippen LogP contribution in [0.4, 0.5) is 0 Å². The van der Waals surface area contributed by atoms with Crippen molar-refractivity contribution in [1.82, 2.24) is 4.90 Å². The van der Waals surface area contributed by atoms with Crippen molar-refractivity contribution < 1.29 is 0 Å². The molecule has 0 amide bonds. The van der Waals surface area contributed by atoms with Crippen molar-refractivity contribution in [2.24, 2.45) is 21.7 Å². The van der Waals surface area contributed by atoms with Gasteiger partial charge in [-0.2, -0.15) is 0 Å². The minimum absolute atomic E-state index is 0.0584. The van der Waals surface area contributed by atoms with Gasteiger partial charge in [-0.3, -0.25) is 0 Å². The van der Waals surface area contributed by atoms with E-state index in [-0.39, 0.29) is 21.7 Å². The normalized spacial score (nSPS) is 31.9. The molecule has 0 saturated carbocycles. The van der Waals surface area contributed by atoms with Crippen LogP contribution in [0.1, 0.15) is 101 Å². The van der Waals surface area contributed by atoms with Crippen molar-refractivity contribution in [3.63, 3.8) is 0 Å². The minimum Gasteiger partial charge on any atom is -0.337 e. The van der Waals surface area contributed by atoms with Crippen LogP contribution in [-0.4, -0.2) is 10.9 Å². The topological polar surface area (TPSA) is 3.24 Å². The Labute approximate surface area is 216 Å². The van der Waals surface area contributed by atoms with E-state index >= 15 is 0 Å². The lowest BCUT2D eigenvalue weighted by atomic mass is 9.54. The fourth-order valence-electron chi connectivity index (χ4n) is 6.66. The van der Waals surface area contributed by atoms with Gasteiger partial charge in [0.05, 0.1) is 0 Å². The van der Waals surface area contributed by atoms with Crippen LogP contribution in [0.2, 0.25) is 0 Å². The number of nitrogens with zero attached hydrogens (tertiary/aromatic N) is 1. The van der Waals surface area contributed by atoms with Gasteiger partial charge in [0.25, 0.3) is 0 Å². The van der Waals surface area contributed by atoms with E-state index in [9.17, 15) is 0 Å². The molecule has 0 radical (unpaired) electrons. The second-order valence-corrected chi connectivity index (χ2v) is 13.2. The zero-order valence-electron chi connectivity index (χ0n) is 24.2. The average Bonchev–Trinajstić information content (AvgIpc) is 3.05. The van der Waals surface area contributed by atoms with Gasteiger partial charge in [-0.15, -0.1) is 0 Å². The van der Waals surface area contributed by atoms with E-state index < -0.39 is 0 Å². The monoisotopic (exact) mass is 471 g/mol. The van der Waals surface area contributed by atoms with Crippen LogP contribution in [0.5, 0.6) is 0 Å². The molecule has 1 nitrogen and oxygen atoms in total. The molecule has 0 aromatic carbocycles. The Morgan fingerprint density at radius 1 is 1.00 bits per heavy atom. The van der Waals surface area contributed by atoms with E-state index in [0.29, 0.717) is 6.04 Å². The SMILES string of the molecule is CCC=CC1(C)C2CC3=C(C=C(/C=C\CCC)C3(C)C)C3=CC(C(C)(C)C)=CC(=CC1(C)CC)N32. The van der Waals surface area contributed by atoms with E-state index in [1.807, 2.05) is 0 Å². The summed E-state index contributed by atoms with van der Waals surface area (Å²) in [5, 5.41) is 0. The van der Waals surface area contributed by atoms with Crippen molar-refractivity contribution >= 4 is 0 Å². The summed E-state index contributed by atoms with van der Waals surface area (Å²) in [5.41, 5.74) is 9.20.